The van der Waals surface area contributed by atoms with E-state index in [0.29, 0.717) is 17.1 Å². The average Bonchev–Trinajstić information content (AvgIpc) is 2.90. The van der Waals surface area contributed by atoms with Crippen molar-refractivity contribution in [1.82, 2.24) is 10.2 Å². The fraction of sp³-hybridized carbons (Fsp3) is 0. The molecular formula is C14H9F2N3O. The van der Waals surface area contributed by atoms with E-state index in [0.717, 1.165) is 11.5 Å². The normalized spacial score (nSPS) is 10.7. The summed E-state index contributed by atoms with van der Waals surface area (Å²) >= 11 is 0. The van der Waals surface area contributed by atoms with Crippen LogP contribution in [0.5, 0.6) is 0 Å². The first-order valence-corrected chi connectivity index (χ1v) is 5.83. The lowest BCUT2D eigenvalue weighted by molar-refractivity contribution is 0.102. The Hall–Kier alpha value is -2.76. The van der Waals surface area contributed by atoms with Crippen molar-refractivity contribution in [3.8, 4) is 0 Å². The predicted molar refractivity (Wildman–Crippen MR) is 70.4 cm³/mol. The van der Waals surface area contributed by atoms with Gasteiger partial charge in [0.2, 0.25) is 0 Å². The van der Waals surface area contributed by atoms with Crippen LogP contribution in [0.3, 0.4) is 0 Å². The molecule has 0 saturated heterocycles. The third-order valence-corrected chi connectivity index (χ3v) is 2.90. The highest BCUT2D eigenvalue weighted by atomic mass is 19.1. The van der Waals surface area contributed by atoms with E-state index in [-0.39, 0.29) is 5.69 Å². The highest BCUT2D eigenvalue weighted by Crippen LogP contribution is 2.19. The van der Waals surface area contributed by atoms with E-state index in [1.165, 1.54) is 6.07 Å². The maximum Gasteiger partial charge on any atom is 0.257 e. The predicted octanol–water partition coefficient (Wildman–Crippen LogP) is 3.09. The smallest absolute Gasteiger partial charge is 0.257 e. The second kappa shape index (κ2) is 4.73. The van der Waals surface area contributed by atoms with Crippen LogP contribution < -0.4 is 5.32 Å². The molecule has 0 unspecified atom stereocenters. The SMILES string of the molecule is O=C(Nc1ccc(F)cc1F)c1cccc2cn[nH]c12. The summed E-state index contributed by atoms with van der Waals surface area (Å²) in [4.78, 5) is 12.1. The minimum Gasteiger partial charge on any atom is -0.319 e. The second-order valence-electron chi connectivity index (χ2n) is 4.22. The number of hydrogen-bond acceptors (Lipinski definition) is 2. The van der Waals surface area contributed by atoms with E-state index in [4.69, 9.17) is 0 Å². The molecule has 0 atom stereocenters. The minimum atomic E-state index is -0.824. The number of benzene rings is 2. The number of nitrogens with zero attached hydrogens (tertiary/aromatic N) is 1. The van der Waals surface area contributed by atoms with Crippen molar-refractivity contribution in [2.24, 2.45) is 0 Å². The summed E-state index contributed by atoms with van der Waals surface area (Å²) in [5, 5.41) is 9.75. The molecule has 0 aliphatic heterocycles. The van der Waals surface area contributed by atoms with E-state index in [1.807, 2.05) is 0 Å². The summed E-state index contributed by atoms with van der Waals surface area (Å²) in [6.07, 6.45) is 1.59. The van der Waals surface area contributed by atoms with Gasteiger partial charge in [-0.2, -0.15) is 5.10 Å². The molecule has 3 aromatic rings. The summed E-state index contributed by atoms with van der Waals surface area (Å²) in [6.45, 7) is 0. The van der Waals surface area contributed by atoms with Gasteiger partial charge in [0.05, 0.1) is 23.0 Å². The van der Waals surface area contributed by atoms with Gasteiger partial charge in [0.15, 0.2) is 0 Å². The highest BCUT2D eigenvalue weighted by Gasteiger charge is 2.13. The fourth-order valence-corrected chi connectivity index (χ4v) is 1.94. The van der Waals surface area contributed by atoms with Crippen LogP contribution in [0.15, 0.2) is 42.6 Å². The summed E-state index contributed by atoms with van der Waals surface area (Å²) in [5.74, 6) is -2.02. The number of aromatic nitrogens is 2. The molecule has 0 bridgehead atoms. The molecule has 0 aliphatic carbocycles. The third-order valence-electron chi connectivity index (χ3n) is 2.90. The number of carbonyl (C=O) groups excluding carboxylic acids is 1. The molecular weight excluding hydrogens is 264 g/mol. The number of fused-ring (bicyclic) bond motifs is 1. The van der Waals surface area contributed by atoms with Crippen molar-refractivity contribution in [2.45, 2.75) is 0 Å². The summed E-state index contributed by atoms with van der Waals surface area (Å²) < 4.78 is 26.3. The standard InChI is InChI=1S/C14H9F2N3O/c15-9-4-5-12(11(16)6-9)18-14(20)10-3-1-2-8-7-17-19-13(8)10/h1-7H,(H,17,19)(H,18,20). The Bertz CT molecular complexity index is 798. The van der Waals surface area contributed by atoms with E-state index in [9.17, 15) is 13.6 Å². The van der Waals surface area contributed by atoms with Gasteiger partial charge >= 0.3 is 0 Å². The van der Waals surface area contributed by atoms with Crippen LogP contribution >= 0.6 is 0 Å². The first kappa shape index (κ1) is 12.3. The number of nitrogens with one attached hydrogen (secondary N) is 2. The highest BCUT2D eigenvalue weighted by molar-refractivity contribution is 6.11. The van der Waals surface area contributed by atoms with Crippen LogP contribution in [0.25, 0.3) is 10.9 Å². The zero-order valence-electron chi connectivity index (χ0n) is 10.2. The van der Waals surface area contributed by atoms with Crippen LogP contribution in [0.4, 0.5) is 14.5 Å². The molecule has 0 radical (unpaired) electrons. The Kier molecular flexibility index (Phi) is 2.90. The molecule has 20 heavy (non-hydrogen) atoms. The number of rotatable bonds is 2. The van der Waals surface area contributed by atoms with Gasteiger partial charge in [0.25, 0.3) is 5.91 Å². The quantitative estimate of drug-likeness (QED) is 0.753. The Morgan fingerprint density at radius 2 is 2.05 bits per heavy atom. The molecule has 2 N–H and O–H groups in total. The van der Waals surface area contributed by atoms with Gasteiger partial charge in [-0.3, -0.25) is 9.89 Å². The van der Waals surface area contributed by atoms with Gasteiger partial charge < -0.3 is 5.32 Å². The van der Waals surface area contributed by atoms with Gasteiger partial charge in [0.1, 0.15) is 11.6 Å². The summed E-state index contributed by atoms with van der Waals surface area (Å²) in [6, 6.07) is 8.07. The molecule has 0 fully saturated rings. The van der Waals surface area contributed by atoms with Crippen molar-refractivity contribution in [3.05, 3.63) is 59.8 Å². The van der Waals surface area contributed by atoms with Gasteiger partial charge in [0, 0.05) is 11.5 Å². The summed E-state index contributed by atoms with van der Waals surface area (Å²) in [7, 11) is 0. The largest absolute Gasteiger partial charge is 0.319 e. The van der Waals surface area contributed by atoms with Crippen molar-refractivity contribution in [2.75, 3.05) is 5.32 Å². The van der Waals surface area contributed by atoms with Crippen LogP contribution in [-0.2, 0) is 0 Å². The van der Waals surface area contributed by atoms with E-state index in [1.54, 1.807) is 24.4 Å². The van der Waals surface area contributed by atoms with Crippen molar-refractivity contribution >= 4 is 22.5 Å². The van der Waals surface area contributed by atoms with Crippen LogP contribution in [0.1, 0.15) is 10.4 Å². The minimum absolute atomic E-state index is 0.0760. The third kappa shape index (κ3) is 2.11. The lowest BCUT2D eigenvalue weighted by atomic mass is 10.1. The number of H-pyrrole nitrogens is 1. The molecule has 2 aromatic carbocycles. The topological polar surface area (TPSA) is 57.8 Å². The average molecular weight is 273 g/mol. The molecule has 0 aliphatic rings. The molecule has 100 valence electrons. The number of para-hydroxylation sites is 1. The van der Waals surface area contributed by atoms with Crippen LogP contribution in [-0.4, -0.2) is 16.1 Å². The van der Waals surface area contributed by atoms with Crippen molar-refractivity contribution < 1.29 is 13.6 Å². The van der Waals surface area contributed by atoms with E-state index < -0.39 is 17.5 Å². The number of halogens is 2. The van der Waals surface area contributed by atoms with E-state index in [2.05, 4.69) is 15.5 Å². The molecule has 4 nitrogen and oxygen atoms in total. The second-order valence-corrected chi connectivity index (χ2v) is 4.22. The lowest BCUT2D eigenvalue weighted by Gasteiger charge is -2.07. The molecule has 0 saturated carbocycles. The van der Waals surface area contributed by atoms with Crippen molar-refractivity contribution in [3.63, 3.8) is 0 Å². The van der Waals surface area contributed by atoms with E-state index >= 15 is 0 Å². The maximum absolute atomic E-state index is 13.5. The maximum atomic E-state index is 13.5. The first-order valence-electron chi connectivity index (χ1n) is 5.83. The number of aromatic amines is 1. The number of hydrogen-bond donors (Lipinski definition) is 2. The molecule has 6 heteroatoms. The Balaban J connectivity index is 1.95. The van der Waals surface area contributed by atoms with Gasteiger partial charge in [-0.25, -0.2) is 8.78 Å². The number of anilines is 1. The molecule has 0 spiro atoms. The number of carbonyl (C=O) groups is 1. The Morgan fingerprint density at radius 1 is 1.20 bits per heavy atom. The van der Waals surface area contributed by atoms with Gasteiger partial charge in [-0.15, -0.1) is 0 Å². The molecule has 1 amide bonds. The van der Waals surface area contributed by atoms with Crippen molar-refractivity contribution in [1.29, 1.82) is 0 Å². The summed E-state index contributed by atoms with van der Waals surface area (Å²) in [5.41, 5.74) is 0.823. The molecule has 1 aromatic heterocycles. The molecule has 1 heterocycles. The Labute approximate surface area is 112 Å². The first-order chi connectivity index (χ1) is 9.65. The fourth-order valence-electron chi connectivity index (χ4n) is 1.94. The van der Waals surface area contributed by atoms with Gasteiger partial charge in [-0.1, -0.05) is 12.1 Å². The lowest BCUT2D eigenvalue weighted by Crippen LogP contribution is -2.13. The number of amides is 1. The monoisotopic (exact) mass is 273 g/mol. The Morgan fingerprint density at radius 3 is 2.85 bits per heavy atom. The molecule has 3 rings (SSSR count). The van der Waals surface area contributed by atoms with Crippen LogP contribution in [0, 0.1) is 11.6 Å². The van der Waals surface area contributed by atoms with Gasteiger partial charge in [-0.05, 0) is 18.2 Å². The van der Waals surface area contributed by atoms with Crippen LogP contribution in [0.2, 0.25) is 0 Å². The zero-order chi connectivity index (χ0) is 14.1. The zero-order valence-corrected chi connectivity index (χ0v) is 10.2.